The molecule has 2 unspecified atom stereocenters. The highest BCUT2D eigenvalue weighted by molar-refractivity contribution is 5.84. The Morgan fingerprint density at radius 2 is 0.962 bits per heavy atom. The van der Waals surface area contributed by atoms with Gasteiger partial charge in [-0.3, -0.25) is 14.5 Å². The van der Waals surface area contributed by atoms with Gasteiger partial charge in [-0.15, -0.1) is 0 Å². The predicted molar refractivity (Wildman–Crippen MR) is 223 cm³/mol. The average molecular weight is 716 g/mol. The van der Waals surface area contributed by atoms with Crippen LogP contribution < -0.4 is 0 Å². The van der Waals surface area contributed by atoms with Crippen LogP contribution in [0.25, 0.3) is 0 Å². The van der Waals surface area contributed by atoms with Gasteiger partial charge in [0.2, 0.25) is 5.78 Å². The second kappa shape index (κ2) is 34.6. The van der Waals surface area contributed by atoms with E-state index in [0.29, 0.717) is 25.0 Å². The van der Waals surface area contributed by atoms with Gasteiger partial charge in [0.25, 0.3) is 6.29 Å². The molecule has 52 heavy (non-hydrogen) atoms. The lowest BCUT2D eigenvalue weighted by atomic mass is 10.0. The zero-order chi connectivity index (χ0) is 37.7. The van der Waals surface area contributed by atoms with Crippen molar-refractivity contribution in [1.29, 1.82) is 0 Å². The molecule has 0 aliphatic carbocycles. The van der Waals surface area contributed by atoms with Gasteiger partial charge in [-0.25, -0.2) is 0 Å². The van der Waals surface area contributed by atoms with Crippen LogP contribution >= 0.6 is 0 Å². The first-order valence-corrected chi connectivity index (χ1v) is 20.4. The van der Waals surface area contributed by atoms with Crippen LogP contribution in [0, 0.1) is 0 Å². The summed E-state index contributed by atoms with van der Waals surface area (Å²) in [5.74, 6) is 0.680. The van der Waals surface area contributed by atoms with Crippen molar-refractivity contribution in [2.75, 3.05) is 14.1 Å². The van der Waals surface area contributed by atoms with Gasteiger partial charge in [-0.1, -0.05) is 137 Å². The lowest BCUT2D eigenvalue weighted by molar-refractivity contribution is -0.143. The summed E-state index contributed by atoms with van der Waals surface area (Å²) in [5, 5.41) is 0. The molecule has 1 rings (SSSR count). The van der Waals surface area contributed by atoms with E-state index in [-0.39, 0.29) is 17.6 Å². The molecule has 5 heteroatoms. The van der Waals surface area contributed by atoms with Crippen LogP contribution in [0.1, 0.15) is 149 Å². The Kier molecular flexibility index (Phi) is 31.0. The summed E-state index contributed by atoms with van der Waals surface area (Å²) < 4.78 is 11.4. The Labute approximate surface area is 319 Å². The second-order valence-corrected chi connectivity index (χ2v) is 13.7. The molecule has 1 aliphatic rings. The topological polar surface area (TPSA) is 55.8 Å². The number of allylic oxidation sites excluding steroid dienone is 16. The van der Waals surface area contributed by atoms with E-state index in [4.69, 9.17) is 9.47 Å². The molecule has 0 fully saturated rings. The van der Waals surface area contributed by atoms with E-state index < -0.39 is 6.29 Å². The molecule has 0 bridgehead atoms. The fraction of sp³-hybridized carbons (Fsp3) is 0.574. The summed E-state index contributed by atoms with van der Waals surface area (Å²) in [5.41, 5.74) is 0. The first-order chi connectivity index (χ1) is 25.5. The molecule has 0 aromatic rings. The van der Waals surface area contributed by atoms with Gasteiger partial charge in [0.15, 0.2) is 0 Å². The Morgan fingerprint density at radius 1 is 0.577 bits per heavy atom. The average Bonchev–Trinajstić information content (AvgIpc) is 3.62. The van der Waals surface area contributed by atoms with E-state index >= 15 is 0 Å². The minimum atomic E-state index is -0.901. The quantitative estimate of drug-likeness (QED) is 0.0500. The molecule has 290 valence electrons. The van der Waals surface area contributed by atoms with E-state index in [1.54, 1.807) is 0 Å². The minimum Gasteiger partial charge on any atom is -0.452 e. The number of carbonyl (C=O) groups is 2. The van der Waals surface area contributed by atoms with Crippen LogP contribution in [-0.2, 0) is 19.1 Å². The lowest BCUT2D eigenvalue weighted by Gasteiger charge is -2.23. The summed E-state index contributed by atoms with van der Waals surface area (Å²) in [4.78, 5) is 27.6. The monoisotopic (exact) mass is 716 g/mol. The molecule has 0 N–H and O–H groups in total. The molecule has 0 radical (unpaired) electrons. The number of hydrogen-bond acceptors (Lipinski definition) is 5. The summed E-state index contributed by atoms with van der Waals surface area (Å²) in [6, 6.07) is -0.308. The van der Waals surface area contributed by atoms with Gasteiger partial charge >= 0.3 is 0 Å². The number of nitrogens with zero attached hydrogens (tertiary/aromatic N) is 1. The number of Topliss-reactive ketones (excluding diaryl/α,β-unsaturated/α-hetero) is 2. The smallest absolute Gasteiger partial charge is 0.299 e. The van der Waals surface area contributed by atoms with Crippen LogP contribution in [0.5, 0.6) is 0 Å². The van der Waals surface area contributed by atoms with Gasteiger partial charge in [0.05, 0.1) is 6.04 Å². The van der Waals surface area contributed by atoms with Gasteiger partial charge in [-0.05, 0) is 104 Å². The van der Waals surface area contributed by atoms with Crippen LogP contribution in [0.15, 0.2) is 109 Å². The van der Waals surface area contributed by atoms with Gasteiger partial charge in [0, 0.05) is 19.3 Å². The number of rotatable bonds is 33. The Hall–Kier alpha value is -3.44. The summed E-state index contributed by atoms with van der Waals surface area (Å²) >= 11 is 0. The van der Waals surface area contributed by atoms with Gasteiger partial charge in [0.1, 0.15) is 17.8 Å². The van der Waals surface area contributed by atoms with Crippen molar-refractivity contribution in [2.45, 2.75) is 161 Å². The Morgan fingerprint density at radius 3 is 1.37 bits per heavy atom. The number of ether oxygens (including phenoxy) is 2. The van der Waals surface area contributed by atoms with Crippen molar-refractivity contribution in [3.8, 4) is 0 Å². The summed E-state index contributed by atoms with van der Waals surface area (Å²) in [7, 11) is 3.81. The molecule has 1 heterocycles. The largest absolute Gasteiger partial charge is 0.452 e. The highest BCUT2D eigenvalue weighted by Gasteiger charge is 2.30. The number of likely N-dealkylation sites (N-methyl/N-ethyl adjacent to an activating group) is 1. The standard InChI is InChI=1S/C47H73NO4/c1-5-7-9-11-13-15-17-19-21-23-25-27-29-31-33-35-37-39-45(49)44(48(3)4)41-43-42-51-47(52-43)46(50)40-38-36-34-32-30-28-26-24-22-20-18-16-14-12-10-8-6-2/h13-16,19-22,25-28,31-34,42,44,47H,5-12,17-18,23-24,29-30,35-41H2,1-4H3/b15-13-,16-14-,21-19-,22-20-,27-25-,28-26-,33-31-,34-32-. The fourth-order valence-electron chi connectivity index (χ4n) is 5.54. The molecule has 5 nitrogen and oxygen atoms in total. The van der Waals surface area contributed by atoms with E-state index in [9.17, 15) is 9.59 Å². The number of hydrogen-bond donors (Lipinski definition) is 0. The molecule has 0 aromatic heterocycles. The zero-order valence-corrected chi connectivity index (χ0v) is 33.4. The third kappa shape index (κ3) is 27.2. The maximum atomic E-state index is 13.0. The van der Waals surface area contributed by atoms with Gasteiger partial charge < -0.3 is 9.47 Å². The van der Waals surface area contributed by atoms with Crippen molar-refractivity contribution in [2.24, 2.45) is 0 Å². The number of carbonyl (C=O) groups excluding carboxylic acids is 2. The molecule has 0 spiro atoms. The van der Waals surface area contributed by atoms with E-state index in [2.05, 4.69) is 111 Å². The molecular weight excluding hydrogens is 643 g/mol. The first-order valence-electron chi connectivity index (χ1n) is 20.4. The third-order valence-corrected chi connectivity index (χ3v) is 8.74. The molecule has 0 saturated carbocycles. The minimum absolute atomic E-state index is 0.0612. The summed E-state index contributed by atoms with van der Waals surface area (Å²) in [6.45, 7) is 4.47. The first kappa shape index (κ1) is 46.6. The molecule has 0 aromatic carbocycles. The highest BCUT2D eigenvalue weighted by Crippen LogP contribution is 2.23. The van der Waals surface area contributed by atoms with Gasteiger partial charge in [-0.2, -0.15) is 0 Å². The van der Waals surface area contributed by atoms with Crippen molar-refractivity contribution in [1.82, 2.24) is 4.90 Å². The Balaban J connectivity index is 2.17. The SMILES string of the molecule is CCCCC/C=C\C/C=C\C/C=C\C/C=C\CCCC(=O)C1OC=C(CC(C(=O)CCC/C=C\C/C=C\C/C=C\C/C=C\CCCCC)N(C)C)O1. The van der Waals surface area contributed by atoms with Crippen LogP contribution in [-0.4, -0.2) is 42.9 Å². The zero-order valence-electron chi connectivity index (χ0n) is 33.4. The summed E-state index contributed by atoms with van der Waals surface area (Å²) in [6.07, 6.45) is 56.5. The lowest BCUT2D eigenvalue weighted by Crippen LogP contribution is -2.36. The van der Waals surface area contributed by atoms with Crippen molar-refractivity contribution >= 4 is 11.6 Å². The molecule has 1 aliphatic heterocycles. The second-order valence-electron chi connectivity index (χ2n) is 13.7. The van der Waals surface area contributed by atoms with E-state index in [0.717, 1.165) is 64.2 Å². The molecule has 2 atom stereocenters. The van der Waals surface area contributed by atoms with Crippen LogP contribution in [0.2, 0.25) is 0 Å². The van der Waals surface area contributed by atoms with E-state index in [1.807, 2.05) is 19.0 Å². The highest BCUT2D eigenvalue weighted by atomic mass is 16.7. The number of ketones is 2. The van der Waals surface area contributed by atoms with Crippen molar-refractivity contribution < 1.29 is 19.1 Å². The third-order valence-electron chi connectivity index (χ3n) is 8.74. The van der Waals surface area contributed by atoms with E-state index in [1.165, 1.54) is 57.6 Å². The van der Waals surface area contributed by atoms with Crippen LogP contribution in [0.3, 0.4) is 0 Å². The molecule has 0 saturated heterocycles. The predicted octanol–water partition coefficient (Wildman–Crippen LogP) is 13.0. The maximum Gasteiger partial charge on any atom is 0.299 e. The molecular formula is C47H73NO4. The normalized spacial score (nSPS) is 16.0. The number of unbranched alkanes of at least 4 members (excludes halogenated alkanes) is 8. The van der Waals surface area contributed by atoms with Crippen molar-refractivity contribution in [3.63, 3.8) is 0 Å². The van der Waals surface area contributed by atoms with Crippen molar-refractivity contribution in [3.05, 3.63) is 109 Å². The molecule has 0 amide bonds. The Bertz CT molecular complexity index is 1180. The van der Waals surface area contributed by atoms with Crippen LogP contribution in [0.4, 0.5) is 0 Å². The fourth-order valence-corrected chi connectivity index (χ4v) is 5.54. The maximum absolute atomic E-state index is 13.0.